The molecule has 0 aromatic heterocycles. The summed E-state index contributed by atoms with van der Waals surface area (Å²) in [6.45, 7) is 2.53. The van der Waals surface area contributed by atoms with Gasteiger partial charge in [-0.05, 0) is 18.1 Å². The van der Waals surface area contributed by atoms with Gasteiger partial charge in [0.1, 0.15) is 0 Å². The highest BCUT2D eigenvalue weighted by atomic mass is 16.2. The number of benzene rings is 1. The van der Waals surface area contributed by atoms with Gasteiger partial charge in [0, 0.05) is 13.0 Å². The molecule has 1 heterocycles. The van der Waals surface area contributed by atoms with Crippen LogP contribution in [-0.2, 0) is 16.0 Å². The summed E-state index contributed by atoms with van der Waals surface area (Å²) in [5, 5.41) is 5.56. The minimum atomic E-state index is -0.0565. The van der Waals surface area contributed by atoms with Gasteiger partial charge in [-0.25, -0.2) is 0 Å². The first-order valence-electron chi connectivity index (χ1n) is 5.75. The number of amides is 2. The predicted molar refractivity (Wildman–Crippen MR) is 64.4 cm³/mol. The second kappa shape index (κ2) is 4.99. The van der Waals surface area contributed by atoms with E-state index in [2.05, 4.69) is 10.6 Å². The summed E-state index contributed by atoms with van der Waals surface area (Å²) in [4.78, 5) is 22.8. The van der Waals surface area contributed by atoms with Crippen molar-refractivity contribution in [3.63, 3.8) is 0 Å². The topological polar surface area (TPSA) is 58.2 Å². The van der Waals surface area contributed by atoms with Crippen molar-refractivity contribution in [2.24, 2.45) is 0 Å². The summed E-state index contributed by atoms with van der Waals surface area (Å²) in [7, 11) is 0. The first-order valence-corrected chi connectivity index (χ1v) is 5.75. The molecule has 1 fully saturated rings. The molecule has 2 rings (SSSR count). The van der Waals surface area contributed by atoms with Gasteiger partial charge in [0.15, 0.2) is 0 Å². The van der Waals surface area contributed by atoms with Crippen molar-refractivity contribution in [1.82, 2.24) is 10.6 Å². The van der Waals surface area contributed by atoms with Crippen LogP contribution < -0.4 is 10.6 Å². The van der Waals surface area contributed by atoms with Crippen LogP contribution in [-0.4, -0.2) is 24.4 Å². The molecule has 17 heavy (non-hydrogen) atoms. The fourth-order valence-electron chi connectivity index (χ4n) is 1.97. The molecular weight excluding hydrogens is 216 g/mol. The number of hydrogen-bond donors (Lipinski definition) is 2. The molecule has 90 valence electrons. The van der Waals surface area contributed by atoms with Gasteiger partial charge in [-0.2, -0.15) is 0 Å². The van der Waals surface area contributed by atoms with Gasteiger partial charge in [-0.3, -0.25) is 9.59 Å². The molecule has 0 saturated carbocycles. The maximum atomic E-state index is 11.8. The third-order valence-corrected chi connectivity index (χ3v) is 2.95. The zero-order valence-electron chi connectivity index (χ0n) is 9.82. The van der Waals surface area contributed by atoms with Crippen LogP contribution in [0.4, 0.5) is 0 Å². The summed E-state index contributed by atoms with van der Waals surface area (Å²) >= 11 is 0. The lowest BCUT2D eigenvalue weighted by Crippen LogP contribution is -2.37. The first kappa shape index (κ1) is 11.6. The van der Waals surface area contributed by atoms with Crippen molar-refractivity contribution in [3.8, 4) is 0 Å². The second-order valence-electron chi connectivity index (χ2n) is 4.38. The Bertz CT molecular complexity index is 443. The van der Waals surface area contributed by atoms with E-state index < -0.39 is 0 Å². The number of carbonyl (C=O) groups excluding carboxylic acids is 2. The Morgan fingerprint density at radius 2 is 2.24 bits per heavy atom. The molecular formula is C13H16N2O2. The highest BCUT2D eigenvalue weighted by Crippen LogP contribution is 2.08. The summed E-state index contributed by atoms with van der Waals surface area (Å²) in [6, 6.07) is 7.77. The van der Waals surface area contributed by atoms with Gasteiger partial charge in [-0.1, -0.05) is 24.3 Å². The van der Waals surface area contributed by atoms with E-state index in [0.29, 0.717) is 19.4 Å². The van der Waals surface area contributed by atoms with Crippen molar-refractivity contribution in [2.45, 2.75) is 25.8 Å². The van der Waals surface area contributed by atoms with Crippen LogP contribution >= 0.6 is 0 Å². The normalized spacial score (nSPS) is 18.9. The minimum absolute atomic E-state index is 0.00573. The van der Waals surface area contributed by atoms with Crippen LogP contribution in [0.1, 0.15) is 17.5 Å². The summed E-state index contributed by atoms with van der Waals surface area (Å²) in [6.07, 6.45) is 0.761. The van der Waals surface area contributed by atoms with Crippen LogP contribution in [0, 0.1) is 6.92 Å². The molecule has 1 aromatic rings. The van der Waals surface area contributed by atoms with Crippen molar-refractivity contribution >= 4 is 11.8 Å². The van der Waals surface area contributed by atoms with E-state index in [9.17, 15) is 9.59 Å². The Morgan fingerprint density at radius 3 is 2.88 bits per heavy atom. The molecule has 0 bridgehead atoms. The Kier molecular flexibility index (Phi) is 3.42. The standard InChI is InChI=1S/C13H16N2O2/c1-9-4-2-3-5-10(9)6-13(17)15-11-7-12(16)14-8-11/h2-5,11H,6-8H2,1H3,(H,14,16)(H,15,17). The SMILES string of the molecule is Cc1ccccc1CC(=O)NC1CNC(=O)C1. The largest absolute Gasteiger partial charge is 0.354 e. The third kappa shape index (κ3) is 3.06. The fraction of sp³-hybridized carbons (Fsp3) is 0.385. The average Bonchev–Trinajstić information content (AvgIpc) is 2.67. The van der Waals surface area contributed by atoms with Gasteiger partial charge >= 0.3 is 0 Å². The summed E-state index contributed by atoms with van der Waals surface area (Å²) < 4.78 is 0. The maximum Gasteiger partial charge on any atom is 0.224 e. The van der Waals surface area contributed by atoms with Gasteiger partial charge in [-0.15, -0.1) is 0 Å². The predicted octanol–water partition coefficient (Wildman–Crippen LogP) is 0.542. The van der Waals surface area contributed by atoms with Crippen LogP contribution in [0.15, 0.2) is 24.3 Å². The molecule has 1 aromatic carbocycles. The van der Waals surface area contributed by atoms with Crippen LogP contribution in [0.25, 0.3) is 0 Å². The van der Waals surface area contributed by atoms with E-state index >= 15 is 0 Å². The van der Waals surface area contributed by atoms with E-state index in [1.165, 1.54) is 0 Å². The molecule has 0 spiro atoms. The van der Waals surface area contributed by atoms with E-state index in [1.807, 2.05) is 31.2 Å². The van der Waals surface area contributed by atoms with Crippen LogP contribution in [0.5, 0.6) is 0 Å². The van der Waals surface area contributed by atoms with Crippen molar-refractivity contribution in [1.29, 1.82) is 0 Å². The number of hydrogen-bond acceptors (Lipinski definition) is 2. The Labute approximate surface area is 100 Å². The quantitative estimate of drug-likeness (QED) is 0.799. The highest BCUT2D eigenvalue weighted by Gasteiger charge is 2.22. The van der Waals surface area contributed by atoms with Crippen LogP contribution in [0.3, 0.4) is 0 Å². The number of aryl methyl sites for hydroxylation is 1. The number of rotatable bonds is 3. The smallest absolute Gasteiger partial charge is 0.224 e. The summed E-state index contributed by atoms with van der Waals surface area (Å²) in [5.41, 5.74) is 2.14. The molecule has 0 aliphatic carbocycles. The fourth-order valence-corrected chi connectivity index (χ4v) is 1.97. The van der Waals surface area contributed by atoms with E-state index in [4.69, 9.17) is 0 Å². The Balaban J connectivity index is 1.89. The number of carbonyl (C=O) groups is 2. The molecule has 2 N–H and O–H groups in total. The average molecular weight is 232 g/mol. The zero-order valence-corrected chi connectivity index (χ0v) is 9.82. The maximum absolute atomic E-state index is 11.8. The molecule has 0 radical (unpaired) electrons. The number of nitrogens with one attached hydrogen (secondary N) is 2. The zero-order chi connectivity index (χ0) is 12.3. The monoisotopic (exact) mass is 232 g/mol. The highest BCUT2D eigenvalue weighted by molar-refractivity contribution is 5.83. The molecule has 1 aliphatic heterocycles. The van der Waals surface area contributed by atoms with Gasteiger partial charge in [0.25, 0.3) is 0 Å². The van der Waals surface area contributed by atoms with Gasteiger partial charge in [0.2, 0.25) is 11.8 Å². The Morgan fingerprint density at radius 1 is 1.47 bits per heavy atom. The molecule has 1 unspecified atom stereocenters. The van der Waals surface area contributed by atoms with Gasteiger partial charge < -0.3 is 10.6 Å². The lowest BCUT2D eigenvalue weighted by atomic mass is 10.1. The van der Waals surface area contributed by atoms with Crippen LogP contribution in [0.2, 0.25) is 0 Å². The van der Waals surface area contributed by atoms with Crippen molar-refractivity contribution in [3.05, 3.63) is 35.4 Å². The van der Waals surface area contributed by atoms with E-state index in [0.717, 1.165) is 11.1 Å². The lowest BCUT2D eigenvalue weighted by molar-refractivity contribution is -0.121. The molecule has 1 aliphatic rings. The van der Waals surface area contributed by atoms with Crippen molar-refractivity contribution < 1.29 is 9.59 Å². The molecule has 1 saturated heterocycles. The first-order chi connectivity index (χ1) is 8.15. The lowest BCUT2D eigenvalue weighted by Gasteiger charge is -2.11. The molecule has 1 atom stereocenters. The van der Waals surface area contributed by atoms with Gasteiger partial charge in [0.05, 0.1) is 12.5 Å². The minimum Gasteiger partial charge on any atom is -0.354 e. The third-order valence-electron chi connectivity index (χ3n) is 2.95. The molecule has 2 amide bonds. The Hall–Kier alpha value is -1.84. The molecule has 4 nitrogen and oxygen atoms in total. The summed E-state index contributed by atoms with van der Waals surface area (Å²) in [5.74, 6) is -0.0213. The van der Waals surface area contributed by atoms with Crippen molar-refractivity contribution in [2.75, 3.05) is 6.54 Å². The van der Waals surface area contributed by atoms with E-state index in [-0.39, 0.29) is 17.9 Å². The van der Waals surface area contributed by atoms with E-state index in [1.54, 1.807) is 0 Å². The second-order valence-corrected chi connectivity index (χ2v) is 4.38. The molecule has 4 heteroatoms.